The molecule has 1 fully saturated rings. The predicted octanol–water partition coefficient (Wildman–Crippen LogP) is 0.422. The number of rotatable bonds is 5. The van der Waals surface area contributed by atoms with Gasteiger partial charge < -0.3 is 16.8 Å². The van der Waals surface area contributed by atoms with Crippen molar-refractivity contribution in [3.63, 3.8) is 0 Å². The topological polar surface area (TPSA) is 101 Å². The fourth-order valence-electron chi connectivity index (χ4n) is 2.58. The van der Waals surface area contributed by atoms with Gasteiger partial charge in [0.15, 0.2) is 0 Å². The Labute approximate surface area is 124 Å². The van der Waals surface area contributed by atoms with Gasteiger partial charge in [-0.15, -0.1) is 0 Å². The van der Waals surface area contributed by atoms with Gasteiger partial charge in [0.1, 0.15) is 0 Å². The standard InChI is InChI=1S/C15H22N4O2/c1-10(16)15(21)18-12-5-2-4-11(8-12)9-19-7-3-6-13(19)14(17)20/h2,4-5,8,10,13H,3,6-7,9,16H2,1H3,(H2,17,20)(H,18,21). The van der Waals surface area contributed by atoms with Gasteiger partial charge in [0.05, 0.1) is 12.1 Å². The van der Waals surface area contributed by atoms with E-state index >= 15 is 0 Å². The molecule has 1 aliphatic heterocycles. The first kappa shape index (κ1) is 15.5. The van der Waals surface area contributed by atoms with Crippen LogP contribution in [0.5, 0.6) is 0 Å². The maximum Gasteiger partial charge on any atom is 0.240 e. The Morgan fingerprint density at radius 3 is 2.90 bits per heavy atom. The first-order chi connectivity index (χ1) is 9.97. The van der Waals surface area contributed by atoms with Gasteiger partial charge in [-0.2, -0.15) is 0 Å². The fourth-order valence-corrected chi connectivity index (χ4v) is 2.58. The van der Waals surface area contributed by atoms with Crippen LogP contribution in [0.25, 0.3) is 0 Å². The van der Waals surface area contributed by atoms with Crippen LogP contribution in [0, 0.1) is 0 Å². The van der Waals surface area contributed by atoms with Gasteiger partial charge in [-0.25, -0.2) is 0 Å². The number of nitrogens with zero attached hydrogens (tertiary/aromatic N) is 1. The number of primary amides is 1. The van der Waals surface area contributed by atoms with Gasteiger partial charge in [0.2, 0.25) is 11.8 Å². The molecule has 0 radical (unpaired) electrons. The molecule has 0 aromatic heterocycles. The highest BCUT2D eigenvalue weighted by atomic mass is 16.2. The first-order valence-corrected chi connectivity index (χ1v) is 7.16. The molecule has 0 bridgehead atoms. The molecule has 0 saturated carbocycles. The van der Waals surface area contributed by atoms with Crippen molar-refractivity contribution in [1.82, 2.24) is 4.90 Å². The zero-order valence-corrected chi connectivity index (χ0v) is 12.2. The quantitative estimate of drug-likeness (QED) is 0.731. The van der Waals surface area contributed by atoms with E-state index in [9.17, 15) is 9.59 Å². The van der Waals surface area contributed by atoms with Gasteiger partial charge in [0.25, 0.3) is 0 Å². The minimum absolute atomic E-state index is 0.188. The Hall–Kier alpha value is -1.92. The molecular formula is C15H22N4O2. The molecule has 0 aliphatic carbocycles. The molecule has 0 spiro atoms. The average molecular weight is 290 g/mol. The maximum atomic E-state index is 11.6. The van der Waals surface area contributed by atoms with Gasteiger partial charge in [0, 0.05) is 12.2 Å². The molecule has 114 valence electrons. The summed E-state index contributed by atoms with van der Waals surface area (Å²) in [6.07, 6.45) is 1.80. The largest absolute Gasteiger partial charge is 0.368 e. The maximum absolute atomic E-state index is 11.6. The Morgan fingerprint density at radius 2 is 2.24 bits per heavy atom. The summed E-state index contributed by atoms with van der Waals surface area (Å²) in [6.45, 7) is 3.15. The lowest BCUT2D eigenvalue weighted by Crippen LogP contribution is -2.39. The zero-order chi connectivity index (χ0) is 15.4. The summed E-state index contributed by atoms with van der Waals surface area (Å²) in [5.74, 6) is -0.489. The van der Waals surface area contributed by atoms with E-state index in [-0.39, 0.29) is 17.9 Å². The highest BCUT2D eigenvalue weighted by molar-refractivity contribution is 5.94. The number of benzene rings is 1. The van der Waals surface area contributed by atoms with E-state index in [1.54, 1.807) is 6.92 Å². The number of carbonyl (C=O) groups is 2. The van der Waals surface area contributed by atoms with Crippen molar-refractivity contribution >= 4 is 17.5 Å². The Kier molecular flexibility index (Phi) is 4.93. The van der Waals surface area contributed by atoms with Gasteiger partial charge in [-0.05, 0) is 44.0 Å². The van der Waals surface area contributed by atoms with Crippen LogP contribution in [0.2, 0.25) is 0 Å². The number of hydrogen-bond acceptors (Lipinski definition) is 4. The summed E-state index contributed by atoms with van der Waals surface area (Å²) in [6, 6.07) is 6.83. The number of anilines is 1. The first-order valence-electron chi connectivity index (χ1n) is 7.16. The molecule has 2 amide bonds. The molecule has 1 aromatic carbocycles. The van der Waals surface area contributed by atoms with Crippen LogP contribution in [0.3, 0.4) is 0 Å². The summed E-state index contributed by atoms with van der Waals surface area (Å²) in [4.78, 5) is 25.1. The minimum atomic E-state index is -0.550. The molecule has 6 heteroatoms. The number of nitrogens with one attached hydrogen (secondary N) is 1. The second-order valence-corrected chi connectivity index (χ2v) is 5.51. The molecule has 2 unspecified atom stereocenters. The third-order valence-corrected chi connectivity index (χ3v) is 3.69. The monoisotopic (exact) mass is 290 g/mol. The van der Waals surface area contributed by atoms with Crippen LogP contribution in [0.15, 0.2) is 24.3 Å². The second-order valence-electron chi connectivity index (χ2n) is 5.51. The number of nitrogens with two attached hydrogens (primary N) is 2. The van der Waals surface area contributed by atoms with Crippen molar-refractivity contribution in [3.8, 4) is 0 Å². The molecule has 5 N–H and O–H groups in total. The van der Waals surface area contributed by atoms with Crippen LogP contribution in [-0.2, 0) is 16.1 Å². The number of hydrogen-bond donors (Lipinski definition) is 3. The van der Waals surface area contributed by atoms with E-state index in [2.05, 4.69) is 10.2 Å². The molecule has 1 heterocycles. The van der Waals surface area contributed by atoms with Gasteiger partial charge in [-0.3, -0.25) is 14.5 Å². The summed E-state index contributed by atoms with van der Waals surface area (Å²) in [5, 5.41) is 2.77. The zero-order valence-electron chi connectivity index (χ0n) is 12.2. The van der Waals surface area contributed by atoms with Gasteiger partial charge >= 0.3 is 0 Å². The van der Waals surface area contributed by atoms with Crippen molar-refractivity contribution in [3.05, 3.63) is 29.8 Å². The minimum Gasteiger partial charge on any atom is -0.368 e. The van der Waals surface area contributed by atoms with Crippen molar-refractivity contribution in [2.24, 2.45) is 11.5 Å². The molecule has 2 atom stereocenters. The Balaban J connectivity index is 2.04. The van der Waals surface area contributed by atoms with Crippen molar-refractivity contribution < 1.29 is 9.59 Å². The van der Waals surface area contributed by atoms with Crippen molar-refractivity contribution in [1.29, 1.82) is 0 Å². The predicted molar refractivity (Wildman–Crippen MR) is 81.3 cm³/mol. The van der Waals surface area contributed by atoms with Crippen molar-refractivity contribution in [2.45, 2.75) is 38.4 Å². The van der Waals surface area contributed by atoms with Crippen molar-refractivity contribution in [2.75, 3.05) is 11.9 Å². The molecule has 1 aliphatic rings. The van der Waals surface area contributed by atoms with E-state index in [0.717, 1.165) is 24.9 Å². The van der Waals surface area contributed by atoms with Gasteiger partial charge in [-0.1, -0.05) is 12.1 Å². The Bertz CT molecular complexity index is 530. The third-order valence-electron chi connectivity index (χ3n) is 3.69. The molecule has 6 nitrogen and oxygen atoms in total. The number of carbonyl (C=O) groups excluding carboxylic acids is 2. The normalized spacial score (nSPS) is 20.2. The van der Waals surface area contributed by atoms with Crippen LogP contribution >= 0.6 is 0 Å². The van der Waals surface area contributed by atoms with E-state index in [1.165, 1.54) is 0 Å². The van der Waals surface area contributed by atoms with E-state index in [4.69, 9.17) is 11.5 Å². The van der Waals surface area contributed by atoms with E-state index in [0.29, 0.717) is 12.2 Å². The smallest absolute Gasteiger partial charge is 0.240 e. The van der Waals surface area contributed by atoms with Crippen LogP contribution in [-0.4, -0.2) is 35.3 Å². The molecular weight excluding hydrogens is 268 g/mol. The molecule has 1 saturated heterocycles. The summed E-state index contributed by atoms with van der Waals surface area (Å²) in [7, 11) is 0. The molecule has 1 aromatic rings. The SMILES string of the molecule is CC(N)C(=O)Nc1cccc(CN2CCCC2C(N)=O)c1. The lowest BCUT2D eigenvalue weighted by atomic mass is 10.1. The van der Waals surface area contributed by atoms with Crippen LogP contribution in [0.1, 0.15) is 25.3 Å². The van der Waals surface area contributed by atoms with Crippen LogP contribution in [0.4, 0.5) is 5.69 Å². The van der Waals surface area contributed by atoms with E-state index < -0.39 is 6.04 Å². The summed E-state index contributed by atoms with van der Waals surface area (Å²) >= 11 is 0. The number of amides is 2. The fraction of sp³-hybridized carbons (Fsp3) is 0.467. The Morgan fingerprint density at radius 1 is 1.48 bits per heavy atom. The lowest BCUT2D eigenvalue weighted by molar-refractivity contribution is -0.122. The summed E-state index contributed by atoms with van der Waals surface area (Å²) in [5.41, 5.74) is 12.7. The third kappa shape index (κ3) is 4.03. The molecule has 2 rings (SSSR count). The lowest BCUT2D eigenvalue weighted by Gasteiger charge is -2.22. The number of likely N-dealkylation sites (tertiary alicyclic amines) is 1. The van der Waals surface area contributed by atoms with Crippen LogP contribution < -0.4 is 16.8 Å². The molecule has 21 heavy (non-hydrogen) atoms. The summed E-state index contributed by atoms with van der Waals surface area (Å²) < 4.78 is 0. The highest BCUT2D eigenvalue weighted by Gasteiger charge is 2.28. The van der Waals surface area contributed by atoms with E-state index in [1.807, 2.05) is 24.3 Å². The second kappa shape index (κ2) is 6.69. The highest BCUT2D eigenvalue weighted by Crippen LogP contribution is 2.21. The average Bonchev–Trinajstić information content (AvgIpc) is 2.87.